The summed E-state index contributed by atoms with van der Waals surface area (Å²) in [5.41, 5.74) is 3.56. The Morgan fingerprint density at radius 2 is 1.46 bits per heavy atom. The van der Waals surface area contributed by atoms with E-state index >= 15 is 0 Å². The molecule has 2 aromatic carbocycles. The summed E-state index contributed by atoms with van der Waals surface area (Å²) in [6, 6.07) is 17.0. The van der Waals surface area contributed by atoms with E-state index in [2.05, 4.69) is 86.1 Å². The van der Waals surface area contributed by atoms with Crippen molar-refractivity contribution in [3.8, 4) is 11.4 Å². The summed E-state index contributed by atoms with van der Waals surface area (Å²) in [5.74, 6) is 1.87. The Hall–Kier alpha value is -2.17. The van der Waals surface area contributed by atoms with E-state index in [1.165, 1.54) is 5.56 Å². The number of anilines is 1. The van der Waals surface area contributed by atoms with Crippen molar-refractivity contribution in [2.45, 2.75) is 26.2 Å². The number of fused-ring (bicyclic) bond motifs is 1. The molecule has 1 saturated heterocycles. The molecule has 4 nitrogen and oxygen atoms in total. The lowest BCUT2D eigenvalue weighted by Gasteiger charge is -2.33. The molecule has 0 saturated carbocycles. The molecule has 1 aliphatic rings. The minimum absolute atomic E-state index is 0. The highest BCUT2D eigenvalue weighted by Gasteiger charge is 2.20. The van der Waals surface area contributed by atoms with Gasteiger partial charge in [0.15, 0.2) is 5.82 Å². The minimum atomic E-state index is 0. The molecule has 0 amide bonds. The van der Waals surface area contributed by atoms with Crippen LogP contribution < -0.4 is 4.90 Å². The zero-order valence-corrected chi connectivity index (χ0v) is 18.0. The largest absolute Gasteiger partial charge is 0.353 e. The molecule has 5 heteroatoms. The summed E-state index contributed by atoms with van der Waals surface area (Å²) < 4.78 is 0. The van der Waals surface area contributed by atoms with Gasteiger partial charge in [-0.05, 0) is 30.2 Å². The van der Waals surface area contributed by atoms with Crippen molar-refractivity contribution in [2.24, 2.45) is 0 Å². The molecule has 0 bridgehead atoms. The molecule has 0 N–H and O–H groups in total. The van der Waals surface area contributed by atoms with Crippen LogP contribution in [0.25, 0.3) is 22.3 Å². The van der Waals surface area contributed by atoms with Crippen LogP contribution in [0.1, 0.15) is 26.3 Å². The predicted molar refractivity (Wildman–Crippen MR) is 121 cm³/mol. The number of nitrogens with zero attached hydrogens (tertiary/aromatic N) is 4. The fourth-order valence-electron chi connectivity index (χ4n) is 3.57. The summed E-state index contributed by atoms with van der Waals surface area (Å²) in [6.45, 7) is 10.8. The Balaban J connectivity index is 0.00000225. The van der Waals surface area contributed by atoms with Gasteiger partial charge in [-0.15, -0.1) is 12.4 Å². The first kappa shape index (κ1) is 20.6. The molecule has 1 fully saturated rings. The topological polar surface area (TPSA) is 32.3 Å². The van der Waals surface area contributed by atoms with Gasteiger partial charge in [-0.25, -0.2) is 9.97 Å². The number of para-hydroxylation sites is 1. The first-order valence-electron chi connectivity index (χ1n) is 9.73. The fourth-order valence-corrected chi connectivity index (χ4v) is 3.57. The number of halogens is 1. The Morgan fingerprint density at radius 3 is 2.11 bits per heavy atom. The molecule has 0 spiro atoms. The third-order valence-corrected chi connectivity index (χ3v) is 5.40. The summed E-state index contributed by atoms with van der Waals surface area (Å²) in [7, 11) is 2.18. The Kier molecular flexibility index (Phi) is 5.92. The van der Waals surface area contributed by atoms with Crippen LogP contribution in [0.4, 0.5) is 5.82 Å². The second-order valence-corrected chi connectivity index (χ2v) is 8.51. The Bertz CT molecular complexity index is 939. The maximum atomic E-state index is 5.01. The van der Waals surface area contributed by atoms with Crippen LogP contribution in [-0.2, 0) is 5.41 Å². The molecule has 2 heterocycles. The minimum Gasteiger partial charge on any atom is -0.353 e. The summed E-state index contributed by atoms with van der Waals surface area (Å²) in [6.07, 6.45) is 0. The van der Waals surface area contributed by atoms with Crippen LogP contribution >= 0.6 is 12.4 Å². The quantitative estimate of drug-likeness (QED) is 0.624. The third-order valence-electron chi connectivity index (χ3n) is 5.40. The van der Waals surface area contributed by atoms with Gasteiger partial charge < -0.3 is 9.80 Å². The number of likely N-dealkylation sites (N-methyl/N-ethyl adjacent to an activating group) is 1. The van der Waals surface area contributed by atoms with Gasteiger partial charge in [0.2, 0.25) is 0 Å². The van der Waals surface area contributed by atoms with Gasteiger partial charge in [0, 0.05) is 37.1 Å². The van der Waals surface area contributed by atoms with E-state index in [1.807, 2.05) is 0 Å². The predicted octanol–water partition coefficient (Wildman–Crippen LogP) is 4.77. The van der Waals surface area contributed by atoms with Gasteiger partial charge in [0.1, 0.15) is 5.82 Å². The van der Waals surface area contributed by atoms with Crippen molar-refractivity contribution in [3.63, 3.8) is 0 Å². The molecule has 0 radical (unpaired) electrons. The lowest BCUT2D eigenvalue weighted by atomic mass is 9.87. The van der Waals surface area contributed by atoms with Crippen LogP contribution in [0, 0.1) is 0 Å². The van der Waals surface area contributed by atoms with Crippen molar-refractivity contribution >= 4 is 29.1 Å². The molecule has 1 aliphatic heterocycles. The maximum Gasteiger partial charge on any atom is 0.162 e. The van der Waals surface area contributed by atoms with Crippen molar-refractivity contribution in [3.05, 3.63) is 54.1 Å². The monoisotopic (exact) mass is 396 g/mol. The van der Waals surface area contributed by atoms with Gasteiger partial charge in [0.25, 0.3) is 0 Å². The van der Waals surface area contributed by atoms with E-state index in [-0.39, 0.29) is 17.8 Å². The van der Waals surface area contributed by atoms with Crippen LogP contribution in [0.15, 0.2) is 48.5 Å². The highest BCUT2D eigenvalue weighted by atomic mass is 35.5. The molecule has 1 aromatic heterocycles. The SMILES string of the molecule is CN1CCN(c2nc(-c3ccc(C(C)(C)C)cc3)nc3ccccc23)CC1.Cl. The van der Waals surface area contributed by atoms with Crippen molar-refractivity contribution in [1.82, 2.24) is 14.9 Å². The standard InChI is InChI=1S/C23H28N4.ClH/c1-23(2,3)18-11-9-17(10-12-18)21-24-20-8-6-5-7-19(20)22(25-21)27-15-13-26(4)14-16-27;/h5-12H,13-16H2,1-4H3;1H. The van der Waals surface area contributed by atoms with Crippen molar-refractivity contribution < 1.29 is 0 Å². The van der Waals surface area contributed by atoms with Gasteiger partial charge in [-0.2, -0.15) is 0 Å². The molecular formula is C23H29ClN4. The molecular weight excluding hydrogens is 368 g/mol. The maximum absolute atomic E-state index is 5.01. The summed E-state index contributed by atoms with van der Waals surface area (Å²) in [5, 5.41) is 1.14. The van der Waals surface area contributed by atoms with E-state index in [4.69, 9.17) is 9.97 Å². The molecule has 28 heavy (non-hydrogen) atoms. The molecule has 0 aliphatic carbocycles. The van der Waals surface area contributed by atoms with Crippen molar-refractivity contribution in [1.29, 1.82) is 0 Å². The van der Waals surface area contributed by atoms with Crippen LogP contribution in [0.3, 0.4) is 0 Å². The number of rotatable bonds is 2. The number of hydrogen-bond acceptors (Lipinski definition) is 4. The number of benzene rings is 2. The first-order chi connectivity index (χ1) is 12.9. The Morgan fingerprint density at radius 1 is 0.821 bits per heavy atom. The number of piperazine rings is 1. The van der Waals surface area contributed by atoms with Crippen LogP contribution in [0.2, 0.25) is 0 Å². The molecule has 148 valence electrons. The van der Waals surface area contributed by atoms with Gasteiger partial charge >= 0.3 is 0 Å². The van der Waals surface area contributed by atoms with E-state index in [0.29, 0.717) is 0 Å². The lowest BCUT2D eigenvalue weighted by molar-refractivity contribution is 0.312. The Labute approximate surface area is 174 Å². The van der Waals surface area contributed by atoms with E-state index < -0.39 is 0 Å². The molecule has 0 atom stereocenters. The van der Waals surface area contributed by atoms with E-state index in [0.717, 1.165) is 54.3 Å². The molecule has 0 unspecified atom stereocenters. The van der Waals surface area contributed by atoms with Crippen LogP contribution in [0.5, 0.6) is 0 Å². The average Bonchev–Trinajstić information content (AvgIpc) is 2.67. The zero-order valence-electron chi connectivity index (χ0n) is 17.1. The lowest BCUT2D eigenvalue weighted by Crippen LogP contribution is -2.45. The smallest absolute Gasteiger partial charge is 0.162 e. The van der Waals surface area contributed by atoms with Gasteiger partial charge in [0.05, 0.1) is 5.52 Å². The summed E-state index contributed by atoms with van der Waals surface area (Å²) >= 11 is 0. The number of hydrogen-bond donors (Lipinski definition) is 0. The molecule has 4 rings (SSSR count). The average molecular weight is 397 g/mol. The van der Waals surface area contributed by atoms with Crippen LogP contribution in [-0.4, -0.2) is 48.1 Å². The highest BCUT2D eigenvalue weighted by Crippen LogP contribution is 2.29. The normalized spacial score (nSPS) is 15.5. The van der Waals surface area contributed by atoms with Gasteiger partial charge in [-0.1, -0.05) is 57.2 Å². The van der Waals surface area contributed by atoms with Gasteiger partial charge in [-0.3, -0.25) is 0 Å². The van der Waals surface area contributed by atoms with Crippen molar-refractivity contribution in [2.75, 3.05) is 38.1 Å². The first-order valence-corrected chi connectivity index (χ1v) is 9.73. The fraction of sp³-hybridized carbons (Fsp3) is 0.391. The second kappa shape index (κ2) is 8.06. The zero-order chi connectivity index (χ0) is 19.0. The van der Waals surface area contributed by atoms with E-state index in [9.17, 15) is 0 Å². The van der Waals surface area contributed by atoms with E-state index in [1.54, 1.807) is 0 Å². The third kappa shape index (κ3) is 4.13. The molecule has 3 aromatic rings. The number of aromatic nitrogens is 2. The highest BCUT2D eigenvalue weighted by molar-refractivity contribution is 5.91. The summed E-state index contributed by atoms with van der Waals surface area (Å²) in [4.78, 5) is 14.6. The second-order valence-electron chi connectivity index (χ2n) is 8.51.